The second-order valence-corrected chi connectivity index (χ2v) is 7.86. The van der Waals surface area contributed by atoms with E-state index in [1.165, 1.54) is 6.42 Å². The van der Waals surface area contributed by atoms with Gasteiger partial charge in [-0.3, -0.25) is 10.1 Å². The summed E-state index contributed by atoms with van der Waals surface area (Å²) >= 11 is 1.59. The topological polar surface area (TPSA) is 80.3 Å². The van der Waals surface area contributed by atoms with Crippen molar-refractivity contribution in [2.24, 2.45) is 5.92 Å². The maximum atomic E-state index is 12.0. The zero-order chi connectivity index (χ0) is 19.2. The van der Waals surface area contributed by atoms with Gasteiger partial charge in [-0.2, -0.15) is 0 Å². The molecule has 144 valence electrons. The van der Waals surface area contributed by atoms with Crippen LogP contribution in [0.3, 0.4) is 0 Å². The van der Waals surface area contributed by atoms with Crippen LogP contribution in [0.1, 0.15) is 38.3 Å². The van der Waals surface area contributed by atoms with E-state index in [1.54, 1.807) is 23.5 Å². The molecule has 27 heavy (non-hydrogen) atoms. The first kappa shape index (κ1) is 19.4. The van der Waals surface area contributed by atoms with E-state index in [-0.39, 0.29) is 12.6 Å². The molecule has 1 saturated carbocycles. The molecule has 0 aliphatic heterocycles. The summed E-state index contributed by atoms with van der Waals surface area (Å²) in [5, 5.41) is 8.18. The predicted octanol–water partition coefficient (Wildman–Crippen LogP) is 3.90. The predicted molar refractivity (Wildman–Crippen MR) is 106 cm³/mol. The highest BCUT2D eigenvalue weighted by molar-refractivity contribution is 7.13. The van der Waals surface area contributed by atoms with Crippen molar-refractivity contribution in [1.29, 1.82) is 0 Å². The highest BCUT2D eigenvalue weighted by atomic mass is 32.1. The Labute approximate surface area is 163 Å². The van der Waals surface area contributed by atoms with E-state index in [1.807, 2.05) is 24.4 Å². The number of nitrogens with zero attached hydrogens (tertiary/aromatic N) is 1. The molecule has 2 aromatic rings. The van der Waals surface area contributed by atoms with E-state index in [0.29, 0.717) is 11.7 Å². The van der Waals surface area contributed by atoms with Crippen molar-refractivity contribution >= 4 is 23.3 Å². The molecule has 3 rings (SSSR count). The van der Waals surface area contributed by atoms with Crippen LogP contribution in [0.15, 0.2) is 29.6 Å². The molecule has 7 heteroatoms. The third-order valence-corrected chi connectivity index (χ3v) is 5.78. The Balaban J connectivity index is 1.44. The second kappa shape index (κ2) is 8.99. The lowest BCUT2D eigenvalue weighted by atomic mass is 9.86. The van der Waals surface area contributed by atoms with Crippen molar-refractivity contribution in [3.63, 3.8) is 0 Å². The maximum Gasteiger partial charge on any atom is 0.321 e. The van der Waals surface area contributed by atoms with Crippen molar-refractivity contribution in [2.75, 3.05) is 6.61 Å². The summed E-state index contributed by atoms with van der Waals surface area (Å²) in [7, 11) is 0. The fourth-order valence-corrected chi connectivity index (χ4v) is 4.03. The number of rotatable bonds is 5. The lowest BCUT2D eigenvalue weighted by Gasteiger charge is -2.29. The molecule has 0 bridgehead atoms. The van der Waals surface area contributed by atoms with Gasteiger partial charge in [0.15, 0.2) is 6.61 Å². The number of amides is 3. The highest BCUT2D eigenvalue weighted by Crippen LogP contribution is 2.25. The summed E-state index contributed by atoms with van der Waals surface area (Å²) in [6.45, 7) is 3.89. The van der Waals surface area contributed by atoms with Gasteiger partial charge in [-0.25, -0.2) is 9.78 Å². The normalized spacial score (nSPS) is 19.3. The fourth-order valence-electron chi connectivity index (χ4n) is 3.23. The molecular weight excluding hydrogens is 362 g/mol. The molecule has 1 aliphatic carbocycles. The molecular formula is C20H25N3O3S. The van der Waals surface area contributed by atoms with Crippen molar-refractivity contribution in [1.82, 2.24) is 15.6 Å². The van der Waals surface area contributed by atoms with Gasteiger partial charge in [-0.1, -0.05) is 19.8 Å². The van der Waals surface area contributed by atoms with Gasteiger partial charge in [0.2, 0.25) is 0 Å². The van der Waals surface area contributed by atoms with Gasteiger partial charge in [-0.15, -0.1) is 11.3 Å². The van der Waals surface area contributed by atoms with Crippen LogP contribution in [0, 0.1) is 12.8 Å². The van der Waals surface area contributed by atoms with Gasteiger partial charge in [0.25, 0.3) is 5.91 Å². The molecule has 6 nitrogen and oxygen atoms in total. The minimum absolute atomic E-state index is 0.134. The zero-order valence-electron chi connectivity index (χ0n) is 15.7. The Bertz CT molecular complexity index is 788. The van der Waals surface area contributed by atoms with E-state index >= 15 is 0 Å². The van der Waals surface area contributed by atoms with Crippen LogP contribution in [0.2, 0.25) is 0 Å². The van der Waals surface area contributed by atoms with Crippen LogP contribution in [0.4, 0.5) is 4.79 Å². The Hall–Kier alpha value is -2.41. The number of hydrogen-bond donors (Lipinski definition) is 2. The monoisotopic (exact) mass is 387 g/mol. The molecule has 1 heterocycles. The third-order valence-electron chi connectivity index (χ3n) is 4.77. The quantitative estimate of drug-likeness (QED) is 0.815. The number of thiazole rings is 1. The Morgan fingerprint density at radius 3 is 2.63 bits per heavy atom. The van der Waals surface area contributed by atoms with Gasteiger partial charge < -0.3 is 10.1 Å². The zero-order valence-corrected chi connectivity index (χ0v) is 16.5. The average Bonchev–Trinajstić information content (AvgIpc) is 3.09. The van der Waals surface area contributed by atoms with E-state index in [0.717, 1.165) is 35.5 Å². The molecule has 0 saturated heterocycles. The molecule has 1 aliphatic rings. The van der Waals surface area contributed by atoms with Crippen molar-refractivity contribution in [3.05, 3.63) is 35.3 Å². The van der Waals surface area contributed by atoms with Crippen LogP contribution >= 0.6 is 11.3 Å². The molecule has 2 N–H and O–H groups in total. The smallest absolute Gasteiger partial charge is 0.321 e. The highest BCUT2D eigenvalue weighted by Gasteiger charge is 2.23. The molecule has 3 amide bonds. The number of nitrogens with one attached hydrogen (secondary N) is 2. The summed E-state index contributed by atoms with van der Waals surface area (Å²) in [6.07, 6.45) is 4.39. The van der Waals surface area contributed by atoms with E-state index in [4.69, 9.17) is 4.74 Å². The Kier molecular flexibility index (Phi) is 6.45. The summed E-state index contributed by atoms with van der Waals surface area (Å²) in [5.41, 5.74) is 2.00. The van der Waals surface area contributed by atoms with Gasteiger partial charge in [0.05, 0.1) is 0 Å². The number of carbonyl (C=O) groups is 2. The van der Waals surface area contributed by atoms with Crippen molar-refractivity contribution in [2.45, 2.75) is 45.6 Å². The van der Waals surface area contributed by atoms with Crippen LogP contribution in [0.5, 0.6) is 5.75 Å². The minimum Gasteiger partial charge on any atom is -0.484 e. The molecule has 0 spiro atoms. The molecule has 1 aromatic heterocycles. The Morgan fingerprint density at radius 2 is 1.96 bits per heavy atom. The first-order valence-electron chi connectivity index (χ1n) is 9.27. The lowest BCUT2D eigenvalue weighted by molar-refractivity contribution is -0.122. The van der Waals surface area contributed by atoms with Crippen LogP contribution in [-0.2, 0) is 4.79 Å². The number of benzene rings is 1. The number of imide groups is 1. The SMILES string of the molecule is Cc1csc(-c2ccc(OCC(=O)NC(=O)N[C@H]3CCCC[C@@H]3C)cc2)n1. The summed E-state index contributed by atoms with van der Waals surface area (Å²) in [4.78, 5) is 28.4. The number of carbonyl (C=O) groups excluding carboxylic acids is 2. The summed E-state index contributed by atoms with van der Waals surface area (Å²) in [5.74, 6) is 0.551. The largest absolute Gasteiger partial charge is 0.484 e. The fraction of sp³-hybridized carbons (Fsp3) is 0.450. The first-order chi connectivity index (χ1) is 13.0. The van der Waals surface area contributed by atoms with Crippen LogP contribution < -0.4 is 15.4 Å². The summed E-state index contributed by atoms with van der Waals surface area (Å²) < 4.78 is 5.47. The minimum atomic E-state index is -0.462. The van der Waals surface area contributed by atoms with Gasteiger partial charge in [0, 0.05) is 22.7 Å². The molecule has 0 unspecified atom stereocenters. The van der Waals surface area contributed by atoms with Crippen LogP contribution in [0.25, 0.3) is 10.6 Å². The molecule has 1 fully saturated rings. The van der Waals surface area contributed by atoms with Crippen LogP contribution in [-0.4, -0.2) is 29.6 Å². The van der Waals surface area contributed by atoms with E-state index in [2.05, 4.69) is 22.5 Å². The van der Waals surface area contributed by atoms with Crippen molar-refractivity contribution in [3.8, 4) is 16.3 Å². The lowest BCUT2D eigenvalue weighted by Crippen LogP contribution is -2.48. The number of aromatic nitrogens is 1. The summed E-state index contributed by atoms with van der Waals surface area (Å²) in [6, 6.07) is 7.09. The second-order valence-electron chi connectivity index (χ2n) is 7.00. The number of urea groups is 1. The van der Waals surface area contributed by atoms with E-state index in [9.17, 15) is 9.59 Å². The molecule has 0 radical (unpaired) electrons. The average molecular weight is 388 g/mol. The molecule has 2 atom stereocenters. The van der Waals surface area contributed by atoms with Gasteiger partial charge in [-0.05, 0) is 49.9 Å². The van der Waals surface area contributed by atoms with Gasteiger partial charge in [0.1, 0.15) is 10.8 Å². The maximum absolute atomic E-state index is 12.0. The Morgan fingerprint density at radius 1 is 1.22 bits per heavy atom. The number of aryl methyl sites for hydroxylation is 1. The first-order valence-corrected chi connectivity index (χ1v) is 10.1. The molecule has 1 aromatic carbocycles. The third kappa shape index (κ3) is 5.53. The number of ether oxygens (including phenoxy) is 1. The van der Waals surface area contributed by atoms with Crippen molar-refractivity contribution < 1.29 is 14.3 Å². The number of hydrogen-bond acceptors (Lipinski definition) is 5. The van der Waals surface area contributed by atoms with E-state index < -0.39 is 11.9 Å². The standard InChI is InChI=1S/C20H25N3O3S/c1-13-5-3-4-6-17(13)22-20(25)23-18(24)11-26-16-9-7-15(8-10-16)19-21-14(2)12-27-19/h7-10,12-13,17H,3-6,11H2,1-2H3,(H2,22,23,24,25)/t13-,17-/m0/s1. The van der Waals surface area contributed by atoms with Gasteiger partial charge >= 0.3 is 6.03 Å².